The predicted octanol–water partition coefficient (Wildman–Crippen LogP) is 3.91. The Bertz CT molecular complexity index is 1480. The van der Waals surface area contributed by atoms with E-state index in [0.29, 0.717) is 11.3 Å². The van der Waals surface area contributed by atoms with Gasteiger partial charge in [-0.25, -0.2) is 17.6 Å². The first-order valence-corrected chi connectivity index (χ1v) is 9.61. The highest BCUT2D eigenvalue weighted by atomic mass is 19.2. The molecule has 5 rings (SSSR count). The van der Waals surface area contributed by atoms with Crippen LogP contribution in [-0.4, -0.2) is 34.4 Å². The number of ether oxygens (including phenoxy) is 1. The van der Waals surface area contributed by atoms with E-state index in [-0.39, 0.29) is 40.6 Å². The number of aromatic nitrogens is 2. The molecule has 0 fully saturated rings. The molecule has 1 atom stereocenters. The molecule has 0 aliphatic carbocycles. The van der Waals surface area contributed by atoms with Crippen molar-refractivity contribution in [2.24, 2.45) is 0 Å². The predicted molar refractivity (Wildman–Crippen MR) is 107 cm³/mol. The van der Waals surface area contributed by atoms with Crippen molar-refractivity contribution in [2.45, 2.75) is 12.6 Å². The molecule has 2 aromatic carbocycles. The lowest BCUT2D eigenvalue weighted by molar-refractivity contribution is 0.0333. The van der Waals surface area contributed by atoms with Crippen LogP contribution < -0.4 is 5.56 Å². The topological polar surface area (TPSA) is 78.2 Å². The second-order valence-corrected chi connectivity index (χ2v) is 7.64. The number of fused-ring (bicyclic) bond motifs is 4. The highest BCUT2D eigenvalue weighted by Gasteiger charge is 2.32. The third kappa shape index (κ3) is 3.06. The summed E-state index contributed by atoms with van der Waals surface area (Å²) >= 11 is 0. The third-order valence-corrected chi connectivity index (χ3v) is 5.71. The van der Waals surface area contributed by atoms with Crippen molar-refractivity contribution in [3.05, 3.63) is 80.9 Å². The van der Waals surface area contributed by atoms with Crippen LogP contribution >= 0.6 is 0 Å². The largest absolute Gasteiger partial charge is 0.373 e. The van der Waals surface area contributed by atoms with E-state index < -0.39 is 40.8 Å². The third-order valence-electron chi connectivity index (χ3n) is 5.71. The fraction of sp³-hybridized carbons (Fsp3) is 0.182. The molecule has 0 bridgehead atoms. The second-order valence-electron chi connectivity index (χ2n) is 7.64. The Morgan fingerprint density at radius 1 is 0.969 bits per heavy atom. The van der Waals surface area contributed by atoms with E-state index in [1.54, 1.807) is 0 Å². The van der Waals surface area contributed by atoms with Crippen LogP contribution in [-0.2, 0) is 11.3 Å². The highest BCUT2D eigenvalue weighted by Crippen LogP contribution is 2.34. The van der Waals surface area contributed by atoms with Gasteiger partial charge in [-0.05, 0) is 29.7 Å². The fourth-order valence-corrected chi connectivity index (χ4v) is 4.15. The van der Waals surface area contributed by atoms with Crippen molar-refractivity contribution in [3.8, 4) is 0 Å². The number of pyridine rings is 1. The molecule has 0 radical (unpaired) electrons. The Hall–Kier alpha value is -3.66. The molecule has 32 heavy (non-hydrogen) atoms. The minimum absolute atomic E-state index is 0.00470. The van der Waals surface area contributed by atoms with Crippen LogP contribution in [0, 0.1) is 23.3 Å². The maximum Gasteiger partial charge on any atom is 0.270 e. The maximum absolute atomic E-state index is 14.1. The summed E-state index contributed by atoms with van der Waals surface area (Å²) in [5.41, 5.74) is 0.282. The Kier molecular flexibility index (Phi) is 4.55. The van der Waals surface area contributed by atoms with Crippen LogP contribution in [0.1, 0.15) is 27.8 Å². The van der Waals surface area contributed by atoms with Gasteiger partial charge in [-0.15, -0.1) is 0 Å². The number of carbonyl (C=O) groups is 1. The standard InChI is InChI=1S/C22H15F4N3O3/c1-29(22(31)17-6-12-13(24)2-9(23)3-16(12)27-17)19-8-32-7-18-20(19)10-4-14(25)15(26)5-11(10)21(30)28-18/h2-6,19,27H,7-8H2,1H3,(H,28,30)/t19-/m1/s1. The van der Waals surface area contributed by atoms with Crippen molar-refractivity contribution in [2.75, 3.05) is 13.7 Å². The Labute approximate surface area is 177 Å². The molecule has 10 heteroatoms. The number of nitrogens with zero attached hydrogens (tertiary/aromatic N) is 1. The summed E-state index contributed by atoms with van der Waals surface area (Å²) in [6.45, 7) is 0.0491. The van der Waals surface area contributed by atoms with Crippen molar-refractivity contribution < 1.29 is 27.1 Å². The summed E-state index contributed by atoms with van der Waals surface area (Å²) in [4.78, 5) is 32.1. The van der Waals surface area contributed by atoms with E-state index in [9.17, 15) is 27.2 Å². The molecule has 1 aliphatic rings. The lowest BCUT2D eigenvalue weighted by atomic mass is 9.95. The Morgan fingerprint density at radius 2 is 1.69 bits per heavy atom. The van der Waals surface area contributed by atoms with Crippen molar-refractivity contribution in [1.82, 2.24) is 14.9 Å². The van der Waals surface area contributed by atoms with Gasteiger partial charge in [0.15, 0.2) is 11.6 Å². The van der Waals surface area contributed by atoms with E-state index >= 15 is 0 Å². The normalized spacial score (nSPS) is 15.8. The number of amides is 1. The van der Waals surface area contributed by atoms with Crippen LogP contribution in [0.4, 0.5) is 17.6 Å². The summed E-state index contributed by atoms with van der Waals surface area (Å²) in [6, 6.07) is 4.04. The first-order valence-electron chi connectivity index (χ1n) is 9.61. The fourth-order valence-electron chi connectivity index (χ4n) is 4.15. The Balaban J connectivity index is 1.62. The number of hydrogen-bond acceptors (Lipinski definition) is 3. The zero-order chi connectivity index (χ0) is 22.7. The van der Waals surface area contributed by atoms with Crippen LogP contribution in [0.25, 0.3) is 21.7 Å². The molecular formula is C22H15F4N3O3. The van der Waals surface area contributed by atoms with E-state index in [1.165, 1.54) is 18.0 Å². The molecule has 4 aromatic rings. The van der Waals surface area contributed by atoms with Crippen molar-refractivity contribution >= 4 is 27.6 Å². The van der Waals surface area contributed by atoms with E-state index in [4.69, 9.17) is 4.74 Å². The molecule has 0 saturated heterocycles. The first-order chi connectivity index (χ1) is 15.2. The molecule has 1 amide bonds. The average molecular weight is 445 g/mol. The van der Waals surface area contributed by atoms with Gasteiger partial charge in [0.05, 0.1) is 30.2 Å². The molecule has 2 N–H and O–H groups in total. The van der Waals surface area contributed by atoms with Gasteiger partial charge >= 0.3 is 0 Å². The van der Waals surface area contributed by atoms with Gasteiger partial charge in [0, 0.05) is 29.8 Å². The molecular weight excluding hydrogens is 430 g/mol. The Morgan fingerprint density at radius 3 is 2.44 bits per heavy atom. The second kappa shape index (κ2) is 7.20. The van der Waals surface area contributed by atoms with Gasteiger partial charge in [-0.2, -0.15) is 0 Å². The minimum Gasteiger partial charge on any atom is -0.373 e. The highest BCUT2D eigenvalue weighted by molar-refractivity contribution is 5.98. The van der Waals surface area contributed by atoms with Crippen molar-refractivity contribution in [3.63, 3.8) is 0 Å². The monoisotopic (exact) mass is 445 g/mol. The molecule has 3 heterocycles. The number of carbonyl (C=O) groups excluding carboxylic acids is 1. The summed E-state index contributed by atoms with van der Waals surface area (Å²) in [6.07, 6.45) is 0. The SMILES string of the molecule is CN(C(=O)c1cc2c(F)cc(F)cc2[nH]1)[C@@H]1COCc2[nH]c(=O)c3cc(F)c(F)cc3c21. The average Bonchev–Trinajstić information content (AvgIpc) is 3.18. The number of aromatic amines is 2. The number of halogens is 4. The molecule has 164 valence electrons. The van der Waals surface area contributed by atoms with Gasteiger partial charge in [0.25, 0.3) is 11.5 Å². The first kappa shape index (κ1) is 20.3. The smallest absolute Gasteiger partial charge is 0.270 e. The number of benzene rings is 2. The summed E-state index contributed by atoms with van der Waals surface area (Å²) < 4.78 is 60.8. The molecule has 1 aliphatic heterocycles. The molecule has 0 unspecified atom stereocenters. The van der Waals surface area contributed by atoms with Gasteiger partial charge in [0.2, 0.25) is 0 Å². The van der Waals surface area contributed by atoms with Gasteiger partial charge < -0.3 is 19.6 Å². The lowest BCUT2D eigenvalue weighted by Crippen LogP contribution is -2.37. The van der Waals surface area contributed by atoms with Crippen molar-refractivity contribution in [1.29, 1.82) is 0 Å². The number of nitrogens with one attached hydrogen (secondary N) is 2. The number of H-pyrrole nitrogens is 2. The molecule has 6 nitrogen and oxygen atoms in total. The molecule has 2 aromatic heterocycles. The molecule has 0 saturated carbocycles. The van der Waals surface area contributed by atoms with Gasteiger partial charge in [-0.1, -0.05) is 0 Å². The summed E-state index contributed by atoms with van der Waals surface area (Å²) in [5, 5.41) is 0.162. The lowest BCUT2D eigenvalue weighted by Gasteiger charge is -2.33. The van der Waals surface area contributed by atoms with Crippen LogP contribution in [0.2, 0.25) is 0 Å². The summed E-state index contributed by atoms with van der Waals surface area (Å²) in [5.74, 6) is -4.46. The van der Waals surface area contributed by atoms with Crippen LogP contribution in [0.3, 0.4) is 0 Å². The number of likely N-dealkylation sites (N-methyl/N-ethyl adjacent to an activating group) is 1. The van der Waals surface area contributed by atoms with Gasteiger partial charge in [0.1, 0.15) is 17.3 Å². The van der Waals surface area contributed by atoms with E-state index in [1.807, 2.05) is 0 Å². The maximum atomic E-state index is 14.1. The van der Waals surface area contributed by atoms with Crippen LogP contribution in [0.5, 0.6) is 0 Å². The summed E-state index contributed by atoms with van der Waals surface area (Å²) in [7, 11) is 1.46. The zero-order valence-electron chi connectivity index (χ0n) is 16.6. The van der Waals surface area contributed by atoms with Crippen LogP contribution in [0.15, 0.2) is 35.1 Å². The van der Waals surface area contributed by atoms with E-state index in [2.05, 4.69) is 9.97 Å². The van der Waals surface area contributed by atoms with Gasteiger partial charge in [-0.3, -0.25) is 9.59 Å². The zero-order valence-corrected chi connectivity index (χ0v) is 16.6. The number of rotatable bonds is 2. The molecule has 0 spiro atoms. The number of hydrogen-bond donors (Lipinski definition) is 2. The quantitative estimate of drug-likeness (QED) is 0.460. The minimum atomic E-state index is -1.16. The van der Waals surface area contributed by atoms with E-state index in [0.717, 1.165) is 24.3 Å².